The summed E-state index contributed by atoms with van der Waals surface area (Å²) >= 11 is 0. The first-order valence-corrected chi connectivity index (χ1v) is 7.10. The van der Waals surface area contributed by atoms with Crippen molar-refractivity contribution in [3.05, 3.63) is 0 Å². The van der Waals surface area contributed by atoms with Gasteiger partial charge in [0, 0.05) is 18.1 Å². The maximum Gasteiger partial charge on any atom is 0.0774 e. The van der Waals surface area contributed by atoms with E-state index in [1.807, 2.05) is 0 Å². The molecule has 3 nitrogen and oxygen atoms in total. The summed E-state index contributed by atoms with van der Waals surface area (Å²) in [7, 11) is 4.26. The average Bonchev–Trinajstić information content (AvgIpc) is 2.72. The van der Waals surface area contributed by atoms with Gasteiger partial charge in [0.15, 0.2) is 0 Å². The van der Waals surface area contributed by atoms with Crippen molar-refractivity contribution in [1.82, 2.24) is 4.90 Å². The average molecular weight is 241 g/mol. The number of aliphatic hydroxyl groups is 1. The van der Waals surface area contributed by atoms with E-state index in [-0.39, 0.29) is 11.6 Å². The molecule has 0 spiro atoms. The standard InChI is InChI=1S/C14H27NO2/c1-15(2)14(8-5-3-4-6-9-14)13(16)12-7-10-17-11-12/h12-13,16H,3-11H2,1-2H3. The second-order valence-electron chi connectivity index (χ2n) is 5.98. The summed E-state index contributed by atoms with van der Waals surface area (Å²) in [5.41, 5.74) is -0.00509. The van der Waals surface area contributed by atoms with Crippen molar-refractivity contribution < 1.29 is 9.84 Å². The van der Waals surface area contributed by atoms with Gasteiger partial charge in [-0.05, 0) is 33.4 Å². The minimum atomic E-state index is -0.224. The summed E-state index contributed by atoms with van der Waals surface area (Å²) in [5.74, 6) is 0.343. The normalized spacial score (nSPS) is 31.4. The van der Waals surface area contributed by atoms with Crippen LogP contribution in [-0.2, 0) is 4.74 Å². The zero-order valence-corrected chi connectivity index (χ0v) is 11.3. The highest BCUT2D eigenvalue weighted by Crippen LogP contribution is 2.38. The Hall–Kier alpha value is -0.120. The van der Waals surface area contributed by atoms with Crippen LogP contribution in [-0.4, -0.2) is 49.0 Å². The molecule has 0 aromatic rings. The Morgan fingerprint density at radius 2 is 1.82 bits per heavy atom. The quantitative estimate of drug-likeness (QED) is 0.768. The number of aliphatic hydroxyl groups excluding tert-OH is 1. The van der Waals surface area contributed by atoms with E-state index in [1.165, 1.54) is 25.7 Å². The highest BCUT2D eigenvalue weighted by atomic mass is 16.5. The van der Waals surface area contributed by atoms with Crippen molar-refractivity contribution >= 4 is 0 Å². The van der Waals surface area contributed by atoms with Crippen molar-refractivity contribution in [3.8, 4) is 0 Å². The van der Waals surface area contributed by atoms with Crippen LogP contribution in [0.25, 0.3) is 0 Å². The zero-order chi connectivity index (χ0) is 12.3. The molecule has 0 amide bonds. The largest absolute Gasteiger partial charge is 0.391 e. The van der Waals surface area contributed by atoms with Crippen molar-refractivity contribution in [1.29, 1.82) is 0 Å². The number of rotatable bonds is 3. The van der Waals surface area contributed by atoms with E-state index in [1.54, 1.807) is 0 Å². The molecule has 2 atom stereocenters. The molecule has 0 bridgehead atoms. The molecular weight excluding hydrogens is 214 g/mol. The smallest absolute Gasteiger partial charge is 0.0774 e. The minimum absolute atomic E-state index is 0.00509. The number of hydrogen-bond acceptors (Lipinski definition) is 3. The van der Waals surface area contributed by atoms with Gasteiger partial charge in [0.2, 0.25) is 0 Å². The van der Waals surface area contributed by atoms with Crippen molar-refractivity contribution in [3.63, 3.8) is 0 Å². The summed E-state index contributed by atoms with van der Waals surface area (Å²) in [5, 5.41) is 10.8. The highest BCUT2D eigenvalue weighted by Gasteiger charge is 2.44. The molecule has 1 saturated heterocycles. The Labute approximate surface area is 105 Å². The Morgan fingerprint density at radius 3 is 2.29 bits per heavy atom. The number of ether oxygens (including phenoxy) is 1. The van der Waals surface area contributed by atoms with Gasteiger partial charge in [-0.1, -0.05) is 25.7 Å². The van der Waals surface area contributed by atoms with E-state index in [9.17, 15) is 5.11 Å². The predicted octanol–water partition coefficient (Wildman–Crippen LogP) is 2.04. The summed E-state index contributed by atoms with van der Waals surface area (Å²) in [6.07, 6.45) is 8.23. The molecule has 2 unspecified atom stereocenters. The van der Waals surface area contributed by atoms with E-state index in [2.05, 4.69) is 19.0 Å². The molecular formula is C14H27NO2. The zero-order valence-electron chi connectivity index (χ0n) is 11.3. The Bertz CT molecular complexity index is 228. The summed E-state index contributed by atoms with van der Waals surface area (Å²) < 4.78 is 5.45. The molecule has 17 heavy (non-hydrogen) atoms. The molecule has 0 aromatic carbocycles. The number of nitrogens with zero attached hydrogens (tertiary/aromatic N) is 1. The lowest BCUT2D eigenvalue weighted by atomic mass is 9.77. The van der Waals surface area contributed by atoms with Gasteiger partial charge in [0.25, 0.3) is 0 Å². The van der Waals surface area contributed by atoms with E-state index in [0.717, 1.165) is 32.5 Å². The van der Waals surface area contributed by atoms with Gasteiger partial charge >= 0.3 is 0 Å². The third kappa shape index (κ3) is 2.67. The fourth-order valence-electron chi connectivity index (χ4n) is 3.59. The monoisotopic (exact) mass is 241 g/mol. The van der Waals surface area contributed by atoms with Crippen LogP contribution in [0.5, 0.6) is 0 Å². The maximum absolute atomic E-state index is 10.8. The van der Waals surface area contributed by atoms with E-state index in [4.69, 9.17) is 4.74 Å². The Morgan fingerprint density at radius 1 is 1.18 bits per heavy atom. The molecule has 100 valence electrons. The molecule has 1 aliphatic carbocycles. The summed E-state index contributed by atoms with van der Waals surface area (Å²) in [4.78, 5) is 2.28. The van der Waals surface area contributed by atoms with Crippen LogP contribution < -0.4 is 0 Å². The molecule has 2 fully saturated rings. The summed E-state index contributed by atoms with van der Waals surface area (Å²) in [6.45, 7) is 1.57. The van der Waals surface area contributed by atoms with Crippen LogP contribution in [0.15, 0.2) is 0 Å². The number of likely N-dealkylation sites (N-methyl/N-ethyl adjacent to an activating group) is 1. The second kappa shape index (κ2) is 5.68. The lowest BCUT2D eigenvalue weighted by Crippen LogP contribution is -2.56. The first-order chi connectivity index (χ1) is 8.17. The van der Waals surface area contributed by atoms with E-state index in [0.29, 0.717) is 5.92 Å². The van der Waals surface area contributed by atoms with Crippen molar-refractivity contribution in [2.75, 3.05) is 27.3 Å². The third-order valence-electron chi connectivity index (χ3n) is 4.82. The molecule has 2 rings (SSSR count). The van der Waals surface area contributed by atoms with Gasteiger partial charge in [0.1, 0.15) is 0 Å². The minimum Gasteiger partial charge on any atom is -0.391 e. The molecule has 2 aliphatic rings. The van der Waals surface area contributed by atoms with E-state index < -0.39 is 0 Å². The van der Waals surface area contributed by atoms with Gasteiger partial charge < -0.3 is 14.7 Å². The Kier molecular flexibility index (Phi) is 4.45. The summed E-state index contributed by atoms with van der Waals surface area (Å²) in [6, 6.07) is 0. The highest BCUT2D eigenvalue weighted by molar-refractivity contribution is 4.99. The van der Waals surface area contributed by atoms with Gasteiger partial charge in [-0.25, -0.2) is 0 Å². The molecule has 0 radical (unpaired) electrons. The van der Waals surface area contributed by atoms with Crippen molar-refractivity contribution in [2.24, 2.45) is 5.92 Å². The molecule has 0 aromatic heterocycles. The first-order valence-electron chi connectivity index (χ1n) is 7.10. The topological polar surface area (TPSA) is 32.7 Å². The van der Waals surface area contributed by atoms with Crippen molar-refractivity contribution in [2.45, 2.75) is 56.6 Å². The Balaban J connectivity index is 2.13. The number of hydrogen-bond donors (Lipinski definition) is 1. The lowest BCUT2D eigenvalue weighted by molar-refractivity contribution is -0.0521. The van der Waals surface area contributed by atoms with E-state index >= 15 is 0 Å². The van der Waals surface area contributed by atoms with Gasteiger partial charge in [-0.3, -0.25) is 0 Å². The molecule has 1 heterocycles. The predicted molar refractivity (Wildman–Crippen MR) is 69.1 cm³/mol. The molecule has 1 N–H and O–H groups in total. The van der Waals surface area contributed by atoms with Gasteiger partial charge in [-0.15, -0.1) is 0 Å². The SMILES string of the molecule is CN(C)C1(C(O)C2CCOC2)CCCCCC1. The van der Waals surface area contributed by atoms with Gasteiger partial charge in [0.05, 0.1) is 12.7 Å². The van der Waals surface area contributed by atoms with Crippen LogP contribution in [0.2, 0.25) is 0 Å². The first kappa shape index (κ1) is 13.3. The maximum atomic E-state index is 10.8. The third-order valence-corrected chi connectivity index (χ3v) is 4.82. The fraction of sp³-hybridized carbons (Fsp3) is 1.00. The van der Waals surface area contributed by atoms with Crippen LogP contribution in [0.1, 0.15) is 44.9 Å². The van der Waals surface area contributed by atoms with Crippen LogP contribution in [0.3, 0.4) is 0 Å². The molecule has 1 aliphatic heterocycles. The lowest BCUT2D eigenvalue weighted by Gasteiger charge is -2.45. The van der Waals surface area contributed by atoms with Crippen LogP contribution >= 0.6 is 0 Å². The van der Waals surface area contributed by atoms with Crippen LogP contribution in [0, 0.1) is 5.92 Å². The van der Waals surface area contributed by atoms with Gasteiger partial charge in [-0.2, -0.15) is 0 Å². The molecule has 3 heteroatoms. The fourth-order valence-corrected chi connectivity index (χ4v) is 3.59. The second-order valence-corrected chi connectivity index (χ2v) is 5.98. The molecule has 1 saturated carbocycles. The van der Waals surface area contributed by atoms with Crippen LogP contribution in [0.4, 0.5) is 0 Å².